The van der Waals surface area contributed by atoms with E-state index in [1.54, 1.807) is 0 Å². The lowest BCUT2D eigenvalue weighted by molar-refractivity contribution is 0.167. The molecule has 116 valence electrons. The lowest BCUT2D eigenvalue weighted by Gasteiger charge is -2.38. The number of nitrogens with one attached hydrogen (secondary N) is 1. The highest BCUT2D eigenvalue weighted by Gasteiger charge is 2.24. The van der Waals surface area contributed by atoms with E-state index in [0.29, 0.717) is 6.04 Å². The maximum Gasteiger partial charge on any atom is 0.193 e. The van der Waals surface area contributed by atoms with Gasteiger partial charge in [0.25, 0.3) is 0 Å². The molecule has 0 radical (unpaired) electrons. The molecule has 2 aliphatic rings. The molecule has 6 heteroatoms. The van der Waals surface area contributed by atoms with E-state index in [1.165, 1.54) is 19.3 Å². The minimum absolute atomic E-state index is 0.639. The van der Waals surface area contributed by atoms with E-state index in [1.807, 2.05) is 20.0 Å². The number of hydrogen-bond donors (Lipinski definition) is 1. The smallest absolute Gasteiger partial charge is 0.193 e. The summed E-state index contributed by atoms with van der Waals surface area (Å²) in [6.45, 7) is 6.92. The molecule has 21 heavy (non-hydrogen) atoms. The summed E-state index contributed by atoms with van der Waals surface area (Å²) in [6.07, 6.45) is 3.91. The third kappa shape index (κ3) is 3.56. The molecule has 0 atom stereocenters. The monoisotopic (exact) mass is 291 g/mol. The maximum atomic E-state index is 5.13. The molecule has 1 aliphatic carbocycles. The highest BCUT2D eigenvalue weighted by atomic mass is 16.5. The van der Waals surface area contributed by atoms with E-state index in [0.717, 1.165) is 50.1 Å². The van der Waals surface area contributed by atoms with Gasteiger partial charge in [0, 0.05) is 51.9 Å². The van der Waals surface area contributed by atoms with Crippen LogP contribution in [0.25, 0.3) is 0 Å². The molecule has 1 saturated heterocycles. The van der Waals surface area contributed by atoms with Crippen molar-refractivity contribution in [3.8, 4) is 0 Å². The van der Waals surface area contributed by atoms with Crippen LogP contribution in [0, 0.1) is 6.92 Å². The Morgan fingerprint density at radius 2 is 2.14 bits per heavy atom. The van der Waals surface area contributed by atoms with Crippen molar-refractivity contribution in [2.75, 3.05) is 33.2 Å². The zero-order valence-electron chi connectivity index (χ0n) is 13.0. The van der Waals surface area contributed by atoms with Gasteiger partial charge in [-0.1, -0.05) is 5.16 Å². The molecular formula is C15H25N5O. The molecule has 0 unspecified atom stereocenters. The number of aromatic nitrogens is 1. The summed E-state index contributed by atoms with van der Waals surface area (Å²) >= 11 is 0. The van der Waals surface area contributed by atoms with E-state index in [9.17, 15) is 0 Å². The van der Waals surface area contributed by atoms with Crippen LogP contribution in [0.5, 0.6) is 0 Å². The Balaban J connectivity index is 1.47. The fourth-order valence-electron chi connectivity index (χ4n) is 2.87. The molecule has 1 saturated carbocycles. The van der Waals surface area contributed by atoms with Crippen LogP contribution in [-0.2, 0) is 6.54 Å². The molecule has 0 amide bonds. The fourth-order valence-corrected chi connectivity index (χ4v) is 2.87. The van der Waals surface area contributed by atoms with E-state index < -0.39 is 0 Å². The highest BCUT2D eigenvalue weighted by molar-refractivity contribution is 5.80. The van der Waals surface area contributed by atoms with E-state index >= 15 is 0 Å². The van der Waals surface area contributed by atoms with Crippen LogP contribution >= 0.6 is 0 Å². The number of aryl methyl sites for hydroxylation is 1. The SMILES string of the molecule is CN=C(NC1CCC1)N1CCN(Cc2cc(C)on2)CC1. The first-order chi connectivity index (χ1) is 10.2. The quantitative estimate of drug-likeness (QED) is 0.670. The minimum Gasteiger partial charge on any atom is -0.361 e. The summed E-state index contributed by atoms with van der Waals surface area (Å²) in [6, 6.07) is 2.66. The molecule has 1 aromatic heterocycles. The second-order valence-electron chi connectivity index (χ2n) is 6.01. The van der Waals surface area contributed by atoms with Crippen LogP contribution in [0.4, 0.5) is 0 Å². The van der Waals surface area contributed by atoms with Crippen LogP contribution < -0.4 is 5.32 Å². The van der Waals surface area contributed by atoms with Gasteiger partial charge in [-0.25, -0.2) is 0 Å². The largest absolute Gasteiger partial charge is 0.361 e. The molecular weight excluding hydrogens is 266 g/mol. The molecule has 2 heterocycles. The predicted octanol–water partition coefficient (Wildman–Crippen LogP) is 1.23. The lowest BCUT2D eigenvalue weighted by Crippen LogP contribution is -2.54. The third-order valence-electron chi connectivity index (χ3n) is 4.38. The van der Waals surface area contributed by atoms with Gasteiger partial charge >= 0.3 is 0 Å². The number of piperazine rings is 1. The van der Waals surface area contributed by atoms with Gasteiger partial charge in [-0.2, -0.15) is 0 Å². The van der Waals surface area contributed by atoms with Crippen molar-refractivity contribution in [3.63, 3.8) is 0 Å². The Morgan fingerprint density at radius 3 is 2.67 bits per heavy atom. The molecule has 6 nitrogen and oxygen atoms in total. The van der Waals surface area contributed by atoms with Gasteiger partial charge in [0.05, 0.1) is 5.69 Å². The zero-order chi connectivity index (χ0) is 14.7. The van der Waals surface area contributed by atoms with Crippen LogP contribution in [0.3, 0.4) is 0 Å². The molecule has 1 aromatic rings. The number of nitrogens with zero attached hydrogens (tertiary/aromatic N) is 4. The molecule has 0 aromatic carbocycles. The van der Waals surface area contributed by atoms with Crippen molar-refractivity contribution in [2.45, 2.75) is 38.8 Å². The summed E-state index contributed by atoms with van der Waals surface area (Å²) in [4.78, 5) is 9.22. The average molecular weight is 291 g/mol. The van der Waals surface area contributed by atoms with Crippen molar-refractivity contribution in [1.82, 2.24) is 20.3 Å². The molecule has 1 N–H and O–H groups in total. The summed E-state index contributed by atoms with van der Waals surface area (Å²) in [5.41, 5.74) is 1.03. The van der Waals surface area contributed by atoms with Crippen LogP contribution in [0.1, 0.15) is 30.7 Å². The van der Waals surface area contributed by atoms with E-state index in [2.05, 4.69) is 25.3 Å². The van der Waals surface area contributed by atoms with Crippen LogP contribution in [0.15, 0.2) is 15.6 Å². The van der Waals surface area contributed by atoms with Crippen molar-refractivity contribution in [3.05, 3.63) is 17.5 Å². The molecule has 3 rings (SSSR count). The number of aliphatic imine (C=N–C) groups is 1. The fraction of sp³-hybridized carbons (Fsp3) is 0.733. The molecule has 0 spiro atoms. The number of guanidine groups is 1. The second kappa shape index (κ2) is 6.47. The van der Waals surface area contributed by atoms with E-state index in [-0.39, 0.29) is 0 Å². The van der Waals surface area contributed by atoms with Crippen molar-refractivity contribution >= 4 is 5.96 Å². The molecule has 1 aliphatic heterocycles. The first kappa shape index (κ1) is 14.4. The average Bonchev–Trinajstić information content (AvgIpc) is 2.85. The van der Waals surface area contributed by atoms with Crippen molar-refractivity contribution in [1.29, 1.82) is 0 Å². The van der Waals surface area contributed by atoms with Gasteiger partial charge in [-0.05, 0) is 26.2 Å². The second-order valence-corrected chi connectivity index (χ2v) is 6.01. The van der Waals surface area contributed by atoms with Gasteiger partial charge in [0.1, 0.15) is 5.76 Å². The Bertz CT molecular complexity index is 486. The zero-order valence-corrected chi connectivity index (χ0v) is 13.0. The van der Waals surface area contributed by atoms with Gasteiger partial charge < -0.3 is 14.7 Å². The van der Waals surface area contributed by atoms with Gasteiger partial charge in [-0.3, -0.25) is 9.89 Å². The first-order valence-corrected chi connectivity index (χ1v) is 7.87. The topological polar surface area (TPSA) is 56.9 Å². The Hall–Kier alpha value is -1.56. The van der Waals surface area contributed by atoms with Gasteiger partial charge in [-0.15, -0.1) is 0 Å². The summed E-state index contributed by atoms with van der Waals surface area (Å²) in [5, 5.41) is 7.64. The van der Waals surface area contributed by atoms with Crippen molar-refractivity contribution in [2.24, 2.45) is 4.99 Å². The Labute approximate surface area is 126 Å². The van der Waals surface area contributed by atoms with Crippen LogP contribution in [-0.4, -0.2) is 60.2 Å². The Kier molecular flexibility index (Phi) is 4.43. The summed E-state index contributed by atoms with van der Waals surface area (Å²) < 4.78 is 5.13. The molecule has 0 bridgehead atoms. The Morgan fingerprint density at radius 1 is 1.38 bits per heavy atom. The van der Waals surface area contributed by atoms with E-state index in [4.69, 9.17) is 4.52 Å². The number of hydrogen-bond acceptors (Lipinski definition) is 4. The van der Waals surface area contributed by atoms with Gasteiger partial charge in [0.15, 0.2) is 5.96 Å². The number of rotatable bonds is 3. The first-order valence-electron chi connectivity index (χ1n) is 7.87. The normalized spacial score (nSPS) is 21.4. The molecule has 2 fully saturated rings. The maximum absolute atomic E-state index is 5.13. The van der Waals surface area contributed by atoms with Crippen LogP contribution in [0.2, 0.25) is 0 Å². The minimum atomic E-state index is 0.639. The third-order valence-corrected chi connectivity index (χ3v) is 4.38. The van der Waals surface area contributed by atoms with Crippen molar-refractivity contribution < 1.29 is 4.52 Å². The van der Waals surface area contributed by atoms with Gasteiger partial charge in [0.2, 0.25) is 0 Å². The predicted molar refractivity (Wildman–Crippen MR) is 82.2 cm³/mol. The standard InChI is InChI=1S/C15H25N5O/c1-12-10-14(18-21-12)11-19-6-8-20(9-7-19)15(16-2)17-13-4-3-5-13/h10,13H,3-9,11H2,1-2H3,(H,16,17). The summed E-state index contributed by atoms with van der Waals surface area (Å²) in [5.74, 6) is 1.95. The summed E-state index contributed by atoms with van der Waals surface area (Å²) in [7, 11) is 1.88. The highest BCUT2D eigenvalue weighted by Crippen LogP contribution is 2.18. The lowest BCUT2D eigenvalue weighted by atomic mass is 9.93.